The minimum atomic E-state index is -0.339. The number of amides is 1. The van der Waals surface area contributed by atoms with Crippen molar-refractivity contribution in [3.63, 3.8) is 0 Å². The maximum Gasteiger partial charge on any atom is 0.242 e. The Labute approximate surface area is 195 Å². The van der Waals surface area contributed by atoms with Gasteiger partial charge in [0.15, 0.2) is 0 Å². The van der Waals surface area contributed by atoms with Crippen LogP contribution in [0.5, 0.6) is 0 Å². The van der Waals surface area contributed by atoms with Gasteiger partial charge in [-0.1, -0.05) is 37.5 Å². The van der Waals surface area contributed by atoms with Gasteiger partial charge in [-0.05, 0) is 70.5 Å². The fourth-order valence-corrected chi connectivity index (χ4v) is 3.56. The third-order valence-corrected chi connectivity index (χ3v) is 5.34. The van der Waals surface area contributed by atoms with Crippen molar-refractivity contribution < 1.29 is 4.79 Å². The molecule has 33 heavy (non-hydrogen) atoms. The highest BCUT2D eigenvalue weighted by Crippen LogP contribution is 2.28. The normalized spacial score (nSPS) is 12.2. The lowest BCUT2D eigenvalue weighted by Crippen LogP contribution is -2.35. The van der Waals surface area contributed by atoms with E-state index in [0.717, 1.165) is 41.0 Å². The lowest BCUT2D eigenvalue weighted by atomic mass is 10.1. The lowest BCUT2D eigenvalue weighted by Gasteiger charge is -2.12. The van der Waals surface area contributed by atoms with Gasteiger partial charge >= 0.3 is 0 Å². The molecule has 0 fully saturated rings. The Bertz CT molecular complexity index is 1270. The van der Waals surface area contributed by atoms with Crippen LogP contribution < -0.4 is 10.6 Å². The van der Waals surface area contributed by atoms with E-state index in [9.17, 15) is 4.79 Å². The van der Waals surface area contributed by atoms with Gasteiger partial charge in [-0.2, -0.15) is 0 Å². The highest BCUT2D eigenvalue weighted by Gasteiger charge is 2.17. The van der Waals surface area contributed by atoms with Crippen LogP contribution in [0.4, 0.5) is 5.82 Å². The van der Waals surface area contributed by atoms with Gasteiger partial charge in [0.2, 0.25) is 5.91 Å². The van der Waals surface area contributed by atoms with Crippen LogP contribution in [-0.4, -0.2) is 33.4 Å². The molecule has 0 bridgehead atoms. The van der Waals surface area contributed by atoms with Crippen molar-refractivity contribution >= 4 is 17.4 Å². The molecule has 0 aliphatic carbocycles. The van der Waals surface area contributed by atoms with E-state index in [2.05, 4.69) is 52.9 Å². The first kappa shape index (κ1) is 24.0. The molecule has 0 radical (unpaired) electrons. The number of allylic oxidation sites excluding steroid dienone is 3. The van der Waals surface area contributed by atoms with E-state index < -0.39 is 0 Å². The highest BCUT2D eigenvalue weighted by molar-refractivity contribution is 5.94. The Morgan fingerprint density at radius 1 is 1.27 bits per heavy atom. The zero-order valence-electron chi connectivity index (χ0n) is 20.0. The van der Waals surface area contributed by atoms with Crippen LogP contribution >= 0.6 is 0 Å². The summed E-state index contributed by atoms with van der Waals surface area (Å²) in [5, 5.41) is 5.79. The molecule has 3 heterocycles. The van der Waals surface area contributed by atoms with Gasteiger partial charge < -0.3 is 10.6 Å². The van der Waals surface area contributed by atoms with Crippen LogP contribution in [0.15, 0.2) is 60.3 Å². The summed E-state index contributed by atoms with van der Waals surface area (Å²) in [6.45, 7) is 12.1. The fourth-order valence-electron chi connectivity index (χ4n) is 3.56. The number of aromatic nitrogens is 3. The summed E-state index contributed by atoms with van der Waals surface area (Å²) in [6, 6.07) is 9.28. The number of fused-ring (bicyclic) bond motifs is 1. The maximum absolute atomic E-state index is 12.4. The van der Waals surface area contributed by atoms with Crippen LogP contribution in [0, 0.1) is 18.8 Å². The molecule has 3 rings (SSSR count). The number of imidazole rings is 1. The molecule has 3 aromatic rings. The largest absolute Gasteiger partial charge is 0.309 e. The van der Waals surface area contributed by atoms with Crippen LogP contribution in [0.25, 0.3) is 16.9 Å². The molecule has 0 aliphatic heterocycles. The molecule has 0 saturated heterocycles. The summed E-state index contributed by atoms with van der Waals surface area (Å²) >= 11 is 0. The number of carbonyl (C=O) groups excluding carboxylic acids is 1. The van der Waals surface area contributed by atoms with Gasteiger partial charge in [-0.3, -0.25) is 9.20 Å². The quantitative estimate of drug-likeness (QED) is 0.404. The summed E-state index contributed by atoms with van der Waals surface area (Å²) in [4.78, 5) is 21.7. The first-order chi connectivity index (χ1) is 15.8. The molecule has 170 valence electrons. The van der Waals surface area contributed by atoms with Crippen molar-refractivity contribution in [3.05, 3.63) is 71.7 Å². The summed E-state index contributed by atoms with van der Waals surface area (Å²) in [7, 11) is 1.74. The molecule has 3 aromatic heterocycles. The predicted octanol–water partition coefficient (Wildman–Crippen LogP) is 4.91. The SMILES string of the molecule is C=C(C#Cc1nc(NC(=O)C(C)NC)ccc1-c1c(C)nc2ccccn12)/C=C(\C)CCC. The van der Waals surface area contributed by atoms with E-state index in [-0.39, 0.29) is 11.9 Å². The van der Waals surface area contributed by atoms with Crippen LogP contribution in [0.2, 0.25) is 0 Å². The Balaban J connectivity index is 2.09. The van der Waals surface area contributed by atoms with E-state index in [1.165, 1.54) is 5.57 Å². The molecule has 0 saturated carbocycles. The average molecular weight is 442 g/mol. The molecule has 6 heteroatoms. The van der Waals surface area contributed by atoms with E-state index in [0.29, 0.717) is 11.5 Å². The van der Waals surface area contributed by atoms with Crippen LogP contribution in [-0.2, 0) is 4.79 Å². The van der Waals surface area contributed by atoms with Gasteiger partial charge in [0.1, 0.15) is 17.2 Å². The highest BCUT2D eigenvalue weighted by atomic mass is 16.2. The van der Waals surface area contributed by atoms with Gasteiger partial charge in [0.05, 0.1) is 17.4 Å². The van der Waals surface area contributed by atoms with Crippen molar-refractivity contribution in [1.82, 2.24) is 19.7 Å². The summed E-state index contributed by atoms with van der Waals surface area (Å²) < 4.78 is 2.03. The monoisotopic (exact) mass is 441 g/mol. The maximum atomic E-state index is 12.4. The van der Waals surface area contributed by atoms with Crippen molar-refractivity contribution in [2.75, 3.05) is 12.4 Å². The number of pyridine rings is 2. The zero-order chi connectivity index (χ0) is 24.0. The Morgan fingerprint density at radius 2 is 2.06 bits per heavy atom. The number of hydrogen-bond donors (Lipinski definition) is 2. The topological polar surface area (TPSA) is 71.3 Å². The predicted molar refractivity (Wildman–Crippen MR) is 135 cm³/mol. The molecule has 0 aromatic carbocycles. The smallest absolute Gasteiger partial charge is 0.242 e. The number of nitrogens with one attached hydrogen (secondary N) is 2. The Kier molecular flexibility index (Phi) is 7.81. The molecular weight excluding hydrogens is 410 g/mol. The van der Waals surface area contributed by atoms with Crippen molar-refractivity contribution in [1.29, 1.82) is 0 Å². The zero-order valence-corrected chi connectivity index (χ0v) is 20.0. The standard InChI is InChI=1S/C27H31N5O/c1-7-10-18(2)17-19(3)12-14-23-22(13-15-24(30-23)31-27(33)21(5)28-6)26-20(4)29-25-11-8-9-16-32(25)26/h8-9,11,13,15-17,21,28H,3,7,10H2,1-2,4-6H3,(H,30,31,33)/b18-17+. The molecule has 6 nitrogen and oxygen atoms in total. The minimum Gasteiger partial charge on any atom is -0.309 e. The molecule has 0 spiro atoms. The third-order valence-electron chi connectivity index (χ3n) is 5.34. The lowest BCUT2D eigenvalue weighted by molar-refractivity contribution is -0.117. The first-order valence-electron chi connectivity index (χ1n) is 11.1. The second kappa shape index (κ2) is 10.8. The fraction of sp³-hybridized carbons (Fsp3) is 0.296. The number of carbonyl (C=O) groups is 1. The third kappa shape index (κ3) is 5.76. The Hall–Kier alpha value is -3.69. The summed E-state index contributed by atoms with van der Waals surface area (Å²) in [5.74, 6) is 6.61. The number of hydrogen-bond acceptors (Lipinski definition) is 4. The molecule has 2 N–H and O–H groups in total. The van der Waals surface area contributed by atoms with Crippen molar-refractivity contribution in [2.45, 2.75) is 46.6 Å². The van der Waals surface area contributed by atoms with Crippen molar-refractivity contribution in [2.24, 2.45) is 0 Å². The minimum absolute atomic E-state index is 0.162. The first-order valence-corrected chi connectivity index (χ1v) is 11.1. The number of likely N-dealkylation sites (N-methyl/N-ethyl adjacent to an activating group) is 1. The van der Waals surface area contributed by atoms with Crippen LogP contribution in [0.1, 0.15) is 45.0 Å². The van der Waals surface area contributed by atoms with E-state index in [4.69, 9.17) is 0 Å². The second-order valence-electron chi connectivity index (χ2n) is 8.08. The van der Waals surface area contributed by atoms with E-state index >= 15 is 0 Å². The summed E-state index contributed by atoms with van der Waals surface area (Å²) in [6.07, 6.45) is 6.07. The summed E-state index contributed by atoms with van der Waals surface area (Å²) in [5.41, 5.74) is 6.02. The molecular formula is C27H31N5O. The Morgan fingerprint density at radius 3 is 2.79 bits per heavy atom. The number of nitrogens with zero attached hydrogens (tertiary/aromatic N) is 3. The second-order valence-corrected chi connectivity index (χ2v) is 8.08. The number of rotatable bonds is 7. The number of anilines is 1. The van der Waals surface area contributed by atoms with E-state index in [1.54, 1.807) is 20.0 Å². The van der Waals surface area contributed by atoms with E-state index in [1.807, 2.05) is 47.9 Å². The average Bonchev–Trinajstić information content (AvgIpc) is 3.12. The molecule has 1 unspecified atom stereocenters. The van der Waals surface area contributed by atoms with Gasteiger partial charge in [0, 0.05) is 17.3 Å². The van der Waals surface area contributed by atoms with Gasteiger partial charge in [0.25, 0.3) is 0 Å². The van der Waals surface area contributed by atoms with Crippen molar-refractivity contribution in [3.8, 4) is 23.1 Å². The van der Waals surface area contributed by atoms with Gasteiger partial charge in [-0.15, -0.1) is 0 Å². The molecule has 1 atom stereocenters. The molecule has 0 aliphatic rings. The van der Waals surface area contributed by atoms with Crippen LogP contribution in [0.3, 0.4) is 0 Å². The number of aryl methyl sites for hydroxylation is 1. The molecule has 1 amide bonds. The van der Waals surface area contributed by atoms with Gasteiger partial charge in [-0.25, -0.2) is 9.97 Å².